The van der Waals surface area contributed by atoms with E-state index in [2.05, 4.69) is 0 Å². The average molecular weight is 277 g/mol. The Morgan fingerprint density at radius 1 is 1.20 bits per heavy atom. The lowest BCUT2D eigenvalue weighted by Gasteiger charge is -2.31. The Hall–Kier alpha value is -1.26. The number of aliphatic hydroxyl groups is 1. The highest BCUT2D eigenvalue weighted by Gasteiger charge is 2.27. The van der Waals surface area contributed by atoms with Crippen LogP contribution in [0.2, 0.25) is 0 Å². The summed E-state index contributed by atoms with van der Waals surface area (Å²) in [7, 11) is 0. The van der Waals surface area contributed by atoms with Crippen LogP contribution in [0, 0.1) is 5.92 Å². The van der Waals surface area contributed by atoms with Crippen molar-refractivity contribution < 1.29 is 14.6 Å². The first-order chi connectivity index (χ1) is 9.78. The monoisotopic (exact) mass is 277 g/mol. The molecular formula is C16H23NO3. The van der Waals surface area contributed by atoms with E-state index in [1.165, 1.54) is 19.3 Å². The average Bonchev–Trinajstić information content (AvgIpc) is 2.43. The lowest BCUT2D eigenvalue weighted by molar-refractivity contribution is 0.0948. The third-order valence-electron chi connectivity index (χ3n) is 4.51. The Labute approximate surface area is 119 Å². The number of aliphatic hydroxyl groups excluding tert-OH is 1. The number of fused-ring (bicyclic) bond motifs is 1. The lowest BCUT2D eigenvalue weighted by Crippen LogP contribution is -2.29. The highest BCUT2D eigenvalue weighted by Crippen LogP contribution is 2.37. The van der Waals surface area contributed by atoms with Gasteiger partial charge in [0.1, 0.15) is 13.2 Å². The number of benzene rings is 1. The number of nitrogens with two attached hydrogens (primary N) is 1. The second-order valence-corrected chi connectivity index (χ2v) is 5.85. The summed E-state index contributed by atoms with van der Waals surface area (Å²) in [5, 5.41) is 10.4. The molecule has 0 amide bonds. The first kappa shape index (κ1) is 13.7. The maximum absolute atomic E-state index is 10.4. The number of hydrogen-bond acceptors (Lipinski definition) is 4. The predicted molar refractivity (Wildman–Crippen MR) is 77.2 cm³/mol. The molecule has 0 saturated heterocycles. The van der Waals surface area contributed by atoms with Crippen LogP contribution in [0.4, 0.5) is 0 Å². The SMILES string of the molecule is NCC(c1ccc2c(c1)OCCO2)C(O)CC1CCC1. The van der Waals surface area contributed by atoms with Gasteiger partial charge in [-0.15, -0.1) is 0 Å². The molecule has 2 unspecified atom stereocenters. The first-order valence-electron chi connectivity index (χ1n) is 7.55. The molecule has 2 aliphatic rings. The van der Waals surface area contributed by atoms with E-state index in [1.54, 1.807) is 0 Å². The summed E-state index contributed by atoms with van der Waals surface area (Å²) in [4.78, 5) is 0. The fourth-order valence-electron chi connectivity index (χ4n) is 3.04. The van der Waals surface area contributed by atoms with Crippen molar-refractivity contribution in [3.63, 3.8) is 0 Å². The molecular weight excluding hydrogens is 254 g/mol. The van der Waals surface area contributed by atoms with Gasteiger partial charge in [-0.25, -0.2) is 0 Å². The van der Waals surface area contributed by atoms with Crippen molar-refractivity contribution in [3.8, 4) is 11.5 Å². The van der Waals surface area contributed by atoms with Gasteiger partial charge in [0.25, 0.3) is 0 Å². The van der Waals surface area contributed by atoms with E-state index in [-0.39, 0.29) is 12.0 Å². The van der Waals surface area contributed by atoms with Crippen LogP contribution in [0.15, 0.2) is 18.2 Å². The minimum Gasteiger partial charge on any atom is -0.486 e. The van der Waals surface area contributed by atoms with Crippen LogP contribution in [0.1, 0.15) is 37.2 Å². The molecule has 0 aromatic heterocycles. The van der Waals surface area contributed by atoms with Crippen LogP contribution >= 0.6 is 0 Å². The van der Waals surface area contributed by atoms with Crippen LogP contribution in [-0.2, 0) is 0 Å². The summed E-state index contributed by atoms with van der Waals surface area (Å²) in [6.45, 7) is 1.62. The standard InChI is InChI=1S/C16H23NO3/c17-10-13(14(18)8-11-2-1-3-11)12-4-5-15-16(9-12)20-7-6-19-15/h4-5,9,11,13-14,18H,1-3,6-8,10,17H2. The summed E-state index contributed by atoms with van der Waals surface area (Å²) in [5.74, 6) is 2.20. The Kier molecular flexibility index (Phi) is 4.13. The van der Waals surface area contributed by atoms with Crippen molar-refractivity contribution in [2.24, 2.45) is 11.7 Å². The van der Waals surface area contributed by atoms with Gasteiger partial charge in [0.15, 0.2) is 11.5 Å². The van der Waals surface area contributed by atoms with Gasteiger partial charge in [0.2, 0.25) is 0 Å². The van der Waals surface area contributed by atoms with Crippen LogP contribution < -0.4 is 15.2 Å². The molecule has 4 nitrogen and oxygen atoms in total. The molecule has 2 atom stereocenters. The predicted octanol–water partition coefficient (Wildman–Crippen LogP) is 2.05. The maximum atomic E-state index is 10.4. The van der Waals surface area contributed by atoms with Crippen LogP contribution in [0.3, 0.4) is 0 Å². The molecule has 1 heterocycles. The molecule has 1 aliphatic carbocycles. The van der Waals surface area contributed by atoms with Gasteiger partial charge in [-0.2, -0.15) is 0 Å². The number of ether oxygens (including phenoxy) is 2. The van der Waals surface area contributed by atoms with Crippen LogP contribution in [-0.4, -0.2) is 31.0 Å². The molecule has 1 aliphatic heterocycles. The summed E-state index contributed by atoms with van der Waals surface area (Å²) < 4.78 is 11.1. The molecule has 1 aromatic carbocycles. The fraction of sp³-hybridized carbons (Fsp3) is 0.625. The van der Waals surface area contributed by atoms with Crippen molar-refractivity contribution in [1.82, 2.24) is 0 Å². The minimum absolute atomic E-state index is 0.0218. The molecule has 4 heteroatoms. The summed E-state index contributed by atoms with van der Waals surface area (Å²) in [5.41, 5.74) is 6.93. The van der Waals surface area contributed by atoms with Gasteiger partial charge in [-0.1, -0.05) is 25.3 Å². The Morgan fingerprint density at radius 3 is 2.60 bits per heavy atom. The van der Waals surface area contributed by atoms with E-state index in [9.17, 15) is 5.11 Å². The van der Waals surface area contributed by atoms with E-state index in [0.717, 1.165) is 23.5 Å². The third-order valence-corrected chi connectivity index (χ3v) is 4.51. The lowest BCUT2D eigenvalue weighted by atomic mass is 9.78. The summed E-state index contributed by atoms with van der Waals surface area (Å²) in [6, 6.07) is 5.88. The largest absolute Gasteiger partial charge is 0.486 e. The van der Waals surface area contributed by atoms with Crippen LogP contribution in [0.25, 0.3) is 0 Å². The van der Waals surface area contributed by atoms with Crippen molar-refractivity contribution in [1.29, 1.82) is 0 Å². The van der Waals surface area contributed by atoms with Gasteiger partial charge in [-0.3, -0.25) is 0 Å². The third kappa shape index (κ3) is 2.76. The fourth-order valence-corrected chi connectivity index (χ4v) is 3.04. The summed E-state index contributed by atoms with van der Waals surface area (Å²) in [6.07, 6.45) is 4.28. The van der Waals surface area contributed by atoms with Crippen molar-refractivity contribution in [2.45, 2.75) is 37.7 Å². The minimum atomic E-state index is -0.368. The molecule has 3 N–H and O–H groups in total. The van der Waals surface area contributed by atoms with Crippen molar-refractivity contribution in [3.05, 3.63) is 23.8 Å². The van der Waals surface area contributed by atoms with E-state index >= 15 is 0 Å². The smallest absolute Gasteiger partial charge is 0.161 e. The van der Waals surface area contributed by atoms with E-state index in [4.69, 9.17) is 15.2 Å². The maximum Gasteiger partial charge on any atom is 0.161 e. The van der Waals surface area contributed by atoms with Gasteiger partial charge >= 0.3 is 0 Å². The molecule has 110 valence electrons. The zero-order valence-electron chi connectivity index (χ0n) is 11.8. The topological polar surface area (TPSA) is 64.7 Å². The van der Waals surface area contributed by atoms with E-state index in [0.29, 0.717) is 25.7 Å². The Morgan fingerprint density at radius 2 is 1.95 bits per heavy atom. The Bertz CT molecular complexity index is 459. The zero-order chi connectivity index (χ0) is 13.9. The van der Waals surface area contributed by atoms with Gasteiger partial charge < -0.3 is 20.3 Å². The van der Waals surface area contributed by atoms with Gasteiger partial charge in [0.05, 0.1) is 6.10 Å². The van der Waals surface area contributed by atoms with Crippen LogP contribution in [0.5, 0.6) is 11.5 Å². The molecule has 1 fully saturated rings. The normalized spacial score (nSPS) is 21.1. The van der Waals surface area contributed by atoms with Gasteiger partial charge in [-0.05, 0) is 30.0 Å². The second-order valence-electron chi connectivity index (χ2n) is 5.85. The quantitative estimate of drug-likeness (QED) is 0.864. The molecule has 1 saturated carbocycles. The number of hydrogen-bond donors (Lipinski definition) is 2. The highest BCUT2D eigenvalue weighted by molar-refractivity contribution is 5.45. The zero-order valence-corrected chi connectivity index (χ0v) is 11.8. The van der Waals surface area contributed by atoms with Crippen molar-refractivity contribution >= 4 is 0 Å². The Balaban J connectivity index is 1.74. The molecule has 0 spiro atoms. The molecule has 1 aromatic rings. The number of rotatable bonds is 5. The van der Waals surface area contributed by atoms with E-state index < -0.39 is 0 Å². The molecule has 0 bridgehead atoms. The first-order valence-corrected chi connectivity index (χ1v) is 7.55. The molecule has 3 rings (SSSR count). The van der Waals surface area contributed by atoms with E-state index in [1.807, 2.05) is 18.2 Å². The highest BCUT2D eigenvalue weighted by atomic mass is 16.6. The molecule has 20 heavy (non-hydrogen) atoms. The molecule has 0 radical (unpaired) electrons. The van der Waals surface area contributed by atoms with Gasteiger partial charge in [0, 0.05) is 12.5 Å². The summed E-state index contributed by atoms with van der Waals surface area (Å²) >= 11 is 0. The second kappa shape index (κ2) is 6.02. The van der Waals surface area contributed by atoms with Crippen molar-refractivity contribution in [2.75, 3.05) is 19.8 Å².